The zero-order valence-electron chi connectivity index (χ0n) is 78.4. The molecule has 0 unspecified atom stereocenters. The third-order valence-electron chi connectivity index (χ3n) is 15.0. The van der Waals surface area contributed by atoms with E-state index in [4.69, 9.17) is 19.3 Å². The molecule has 8 aromatic rings. The molecule has 0 amide bonds. The maximum Gasteiger partial charge on any atom is 0.302 e. The number of ether oxygens (including phenoxy) is 5. The molecule has 0 radical (unpaired) electrons. The molecule has 0 saturated carbocycles. The second kappa shape index (κ2) is 82.5. The fourth-order valence-corrected chi connectivity index (χ4v) is 11.8. The molecule has 118 heavy (non-hydrogen) atoms. The second-order valence-electron chi connectivity index (χ2n) is 30.1. The number of ketones is 1. The summed E-state index contributed by atoms with van der Waals surface area (Å²) < 4.78 is 23.9. The molecule has 0 atom stereocenters. The minimum atomic E-state index is -0.720. The van der Waals surface area contributed by atoms with Crippen molar-refractivity contribution in [3.8, 4) is 22.3 Å². The van der Waals surface area contributed by atoms with E-state index < -0.39 is 8.07 Å². The monoisotopic (exact) mass is 1640 g/mol. The molecular formula is C105H160O12Si. The van der Waals surface area contributed by atoms with Crippen LogP contribution < -0.4 is 0 Å². The average Bonchev–Trinajstić information content (AvgIpc) is 1.62. The largest absolute Gasteiger partial charge is 0.466 e. The van der Waals surface area contributed by atoms with Crippen LogP contribution in [0, 0.1) is 30.6 Å². The van der Waals surface area contributed by atoms with Crippen LogP contribution in [0.4, 0.5) is 0 Å². The number of aryl methyl sites for hydroxylation is 3. The zero-order valence-corrected chi connectivity index (χ0v) is 79.4. The zero-order chi connectivity index (χ0) is 90.9. The van der Waals surface area contributed by atoms with Gasteiger partial charge in [0.25, 0.3) is 0 Å². The van der Waals surface area contributed by atoms with Crippen LogP contribution in [0.2, 0.25) is 25.7 Å². The van der Waals surface area contributed by atoms with E-state index in [9.17, 15) is 28.8 Å². The van der Waals surface area contributed by atoms with Crippen molar-refractivity contribution in [2.75, 3.05) is 26.4 Å². The lowest BCUT2D eigenvalue weighted by Crippen LogP contribution is -2.21. The number of fused-ring (bicyclic) bond motifs is 3. The molecule has 0 saturated heterocycles. The van der Waals surface area contributed by atoms with Gasteiger partial charge in [0.1, 0.15) is 25.6 Å². The second-order valence-corrected chi connectivity index (χ2v) is 35.7. The van der Waals surface area contributed by atoms with E-state index in [0.717, 1.165) is 61.0 Å². The summed E-state index contributed by atoms with van der Waals surface area (Å²) in [6, 6.07) is 77.2. The van der Waals surface area contributed by atoms with E-state index in [1.54, 1.807) is 0 Å². The highest BCUT2D eigenvalue weighted by Gasteiger charge is 2.28. The van der Waals surface area contributed by atoms with Crippen LogP contribution in [0.25, 0.3) is 22.3 Å². The minimum Gasteiger partial charge on any atom is -0.466 e. The molecule has 13 heteroatoms. The smallest absolute Gasteiger partial charge is 0.302 e. The Morgan fingerprint density at radius 1 is 0.415 bits per heavy atom. The number of allylic oxidation sites excluding steroid dienone is 1. The minimum absolute atomic E-state index is 0.143. The van der Waals surface area contributed by atoms with Gasteiger partial charge < -0.3 is 33.6 Å². The third-order valence-corrected chi connectivity index (χ3v) is 17.1. The van der Waals surface area contributed by atoms with Crippen LogP contribution in [0.15, 0.2) is 250 Å². The summed E-state index contributed by atoms with van der Waals surface area (Å²) in [5.41, 5.74) is 13.6. The number of benzene rings is 8. The molecule has 0 bridgehead atoms. The first kappa shape index (κ1) is 119. The van der Waals surface area contributed by atoms with Gasteiger partial charge in [-0.2, -0.15) is 0 Å². The van der Waals surface area contributed by atoms with E-state index in [1.807, 2.05) is 149 Å². The molecule has 656 valence electrons. The van der Waals surface area contributed by atoms with Crippen molar-refractivity contribution >= 4 is 43.7 Å². The van der Waals surface area contributed by atoms with Crippen molar-refractivity contribution in [3.63, 3.8) is 0 Å². The molecule has 0 heterocycles. The van der Waals surface area contributed by atoms with E-state index in [2.05, 4.69) is 241 Å². The number of unbranched alkanes of at least 4 members (excludes halogenated alkanes) is 1. The number of rotatable bonds is 21. The quantitative estimate of drug-likeness (QED) is 0.0238. The van der Waals surface area contributed by atoms with Crippen LogP contribution in [0.1, 0.15) is 243 Å². The molecule has 8 aromatic carbocycles. The normalized spacial score (nSPS) is 9.73. The van der Waals surface area contributed by atoms with Gasteiger partial charge in [-0.25, -0.2) is 0 Å². The first-order valence-corrected chi connectivity index (χ1v) is 46.1. The van der Waals surface area contributed by atoms with Gasteiger partial charge in [0.15, 0.2) is 0 Å². The van der Waals surface area contributed by atoms with Gasteiger partial charge in [0.2, 0.25) is 0 Å². The Balaban J connectivity index is -0.000000292. The molecule has 9 rings (SSSR count). The van der Waals surface area contributed by atoms with Crippen LogP contribution in [-0.4, -0.2) is 75.2 Å². The van der Waals surface area contributed by atoms with Crippen molar-refractivity contribution in [3.05, 3.63) is 289 Å². The highest BCUT2D eigenvalue weighted by atomic mass is 28.3. The Morgan fingerprint density at radius 2 is 0.754 bits per heavy atom. The fraction of sp³-hybridized carbons (Fsp3) is 0.448. The number of esters is 5. The topological polar surface area (TPSA) is 169 Å². The molecule has 0 fully saturated rings. The van der Waals surface area contributed by atoms with Gasteiger partial charge in [-0.3, -0.25) is 24.0 Å². The van der Waals surface area contributed by atoms with Gasteiger partial charge in [-0.1, -0.05) is 404 Å². The first-order valence-electron chi connectivity index (χ1n) is 42.4. The summed E-state index contributed by atoms with van der Waals surface area (Å²) in [6.45, 7) is 63.0. The SMILES string of the molecule is C=CCC.C=CCOC(C)=O.CC.CC(=O)OCC(C)C.CC(=O)OCC1c2ccccc2-c2ccccc21.CC(=O)OCCCCC(C)C.CC(=O)OCc1ccccc1.CC(C)=O.CC(C)C[Si](C)(C)C.CCC.CCC(C)C.CCc1ccc(CO)cc1.CCc1ccccc1.Cc1ccccc1.c1ccc(-c2ccccc2)cc1. The lowest BCUT2D eigenvalue weighted by Gasteiger charge is -2.17. The van der Waals surface area contributed by atoms with Crippen LogP contribution in [0.5, 0.6) is 0 Å². The number of Topliss-reactive ketones (excluding diaryl/α,β-unsaturated/α-hetero) is 1. The molecule has 12 nitrogen and oxygen atoms in total. The lowest BCUT2D eigenvalue weighted by molar-refractivity contribution is -0.143. The average molecular weight is 1640 g/mol. The van der Waals surface area contributed by atoms with Gasteiger partial charge in [0, 0.05) is 48.6 Å². The van der Waals surface area contributed by atoms with E-state index >= 15 is 0 Å². The summed E-state index contributed by atoms with van der Waals surface area (Å²) in [5.74, 6) is 2.23. The third kappa shape index (κ3) is 82.9. The highest BCUT2D eigenvalue weighted by Crippen LogP contribution is 2.44. The highest BCUT2D eigenvalue weighted by molar-refractivity contribution is 6.76. The number of aliphatic hydroxyl groups excluding tert-OH is 1. The maximum absolute atomic E-state index is 11.0. The summed E-state index contributed by atoms with van der Waals surface area (Å²) in [7, 11) is -0.720. The molecular weight excluding hydrogens is 1480 g/mol. The molecule has 1 aliphatic rings. The van der Waals surface area contributed by atoms with E-state index in [0.29, 0.717) is 39.0 Å². The van der Waals surface area contributed by atoms with Crippen LogP contribution in [0.3, 0.4) is 0 Å². The van der Waals surface area contributed by atoms with Crippen molar-refractivity contribution in [2.45, 2.75) is 262 Å². The number of aliphatic hydroxyl groups is 1. The number of hydrogen-bond donors (Lipinski definition) is 1. The molecule has 1 N–H and O–H groups in total. The van der Waals surface area contributed by atoms with Crippen LogP contribution >= 0.6 is 0 Å². The predicted molar refractivity (Wildman–Crippen MR) is 509 cm³/mol. The van der Waals surface area contributed by atoms with E-state index in [1.165, 1.54) is 130 Å². The number of carbonyl (C=O) groups excluding carboxylic acids is 6. The Hall–Kier alpha value is -9.56. The summed E-state index contributed by atoms with van der Waals surface area (Å²) in [6.07, 6.45) is 12.6. The van der Waals surface area contributed by atoms with Gasteiger partial charge >= 0.3 is 29.8 Å². The van der Waals surface area contributed by atoms with Crippen molar-refractivity contribution in [1.29, 1.82) is 0 Å². The Bertz CT molecular complexity index is 3530. The first-order chi connectivity index (χ1) is 56.0. The van der Waals surface area contributed by atoms with Gasteiger partial charge in [-0.05, 0) is 132 Å². The lowest BCUT2D eigenvalue weighted by atomic mass is 9.98. The molecule has 0 aliphatic heterocycles. The molecule has 0 spiro atoms. The number of carbonyl (C=O) groups is 6. The molecule has 0 aromatic heterocycles. The van der Waals surface area contributed by atoms with Crippen LogP contribution in [-0.2, 0) is 78.5 Å². The Morgan fingerprint density at radius 3 is 1.02 bits per heavy atom. The standard InChI is InChI=1S/C16H14O2.C12H10.C9H10O2.C9H18O2.C9H12O.C8H10.C7H18Si.C7H8.C6H12O2.C5H8O2.C5H12.C4H8.C3H6O.C3H8.C2H6/c1-11(17)18-10-16-14-8-4-2-6-12(14)13-7-3-5-9-15(13)16;1-3-7-11(8-4-1)12-9-5-2-6-10-12;1-8(10)11-7-9-5-3-2-4-6-9;1-8(2)6-4-5-7-11-9(3)10;1-2-8-3-5-9(7-10)6-4-8;1-2-8-6-4-3-5-7-8;1-7(2)6-8(3,4)5;1-7-5-3-2-4-6-7;1-5(2)4-8-6(3)7;1-3-4-7-5(2)6;1-4-5(2)3;1-3-4-2;1-3(2)4;1-3-2;1-2/h2-9,16H,10H2,1H3;1-10H;2-6H,7H2,1H3;8H,4-7H2,1-3H3;3-6,10H,2,7H2,1H3;3-7H,2H2,1H3;7H,6H2,1-5H3;2-6H,1H3;5H,4H2,1-3H3;3H,1,4H2,2H3;5H,4H2,1-3H3;3H,1,4H2,2H3;1-2H3;3H2,1-2H3;1-2H3. The van der Waals surface area contributed by atoms with E-state index in [-0.39, 0.29) is 48.2 Å². The predicted octanol–water partition coefficient (Wildman–Crippen LogP) is 28.4. The summed E-state index contributed by atoms with van der Waals surface area (Å²) in [4.78, 5) is 61.2. The molecule has 1 aliphatic carbocycles. The fourth-order valence-electron chi connectivity index (χ4n) is 9.34. The number of hydrogen-bond acceptors (Lipinski definition) is 12. The summed E-state index contributed by atoms with van der Waals surface area (Å²) in [5, 5.41) is 8.70. The van der Waals surface area contributed by atoms with Crippen molar-refractivity contribution in [2.24, 2.45) is 23.7 Å². The van der Waals surface area contributed by atoms with Crippen molar-refractivity contribution in [1.82, 2.24) is 0 Å². The van der Waals surface area contributed by atoms with Gasteiger partial charge in [0.05, 0.1) is 19.8 Å². The van der Waals surface area contributed by atoms with Crippen molar-refractivity contribution < 1.29 is 57.6 Å². The summed E-state index contributed by atoms with van der Waals surface area (Å²) >= 11 is 0. The van der Waals surface area contributed by atoms with Gasteiger partial charge in [-0.15, -0.1) is 6.58 Å². The Labute approximate surface area is 720 Å². The Kier molecular flexibility index (Phi) is 83.4. The maximum atomic E-state index is 11.0.